The standard InChI is InChI=1S/C21H32FNO5/c1-15(2)20(26)14-21(27,28)23(13-16-9-11-17(22)12-10-16)18(20)7-5-3-4-6-8-19(24)25/h9-12,15,18,26-28H,3-8,13-14H2,1-2H3,(H,24,25)/t18-,20-/m1/s1. The summed E-state index contributed by atoms with van der Waals surface area (Å²) >= 11 is 0. The van der Waals surface area contributed by atoms with Crippen LogP contribution in [0, 0.1) is 11.7 Å². The van der Waals surface area contributed by atoms with Crippen molar-refractivity contribution < 1.29 is 29.6 Å². The Hall–Kier alpha value is -1.54. The van der Waals surface area contributed by atoms with Crippen molar-refractivity contribution in [2.45, 2.75) is 82.9 Å². The zero-order valence-corrected chi connectivity index (χ0v) is 16.6. The summed E-state index contributed by atoms with van der Waals surface area (Å²) in [5.74, 6) is -3.50. The Balaban J connectivity index is 2.09. The van der Waals surface area contributed by atoms with E-state index in [1.54, 1.807) is 12.1 Å². The number of unbranched alkanes of at least 4 members (excludes halogenated alkanes) is 3. The third kappa shape index (κ3) is 5.50. The Morgan fingerprint density at radius 3 is 2.32 bits per heavy atom. The summed E-state index contributed by atoms with van der Waals surface area (Å²) in [5.41, 5.74) is -0.529. The quantitative estimate of drug-likeness (QED) is 0.358. The molecule has 1 saturated heterocycles. The van der Waals surface area contributed by atoms with Gasteiger partial charge in [-0.25, -0.2) is 9.29 Å². The smallest absolute Gasteiger partial charge is 0.303 e. The first kappa shape index (κ1) is 22.7. The molecule has 4 N–H and O–H groups in total. The number of aliphatic carboxylic acids is 1. The lowest BCUT2D eigenvalue weighted by Crippen LogP contribution is -2.50. The number of aliphatic hydroxyl groups is 3. The zero-order chi connectivity index (χ0) is 20.9. The van der Waals surface area contributed by atoms with E-state index >= 15 is 0 Å². The van der Waals surface area contributed by atoms with Crippen LogP contribution in [-0.4, -0.2) is 48.8 Å². The summed E-state index contributed by atoms with van der Waals surface area (Å²) in [7, 11) is 0. The van der Waals surface area contributed by atoms with Gasteiger partial charge in [-0.05, 0) is 36.5 Å². The molecule has 1 fully saturated rings. The van der Waals surface area contributed by atoms with E-state index in [4.69, 9.17) is 5.11 Å². The summed E-state index contributed by atoms with van der Waals surface area (Å²) in [6, 6.07) is 5.39. The number of carbonyl (C=O) groups is 1. The number of hydrogen-bond acceptors (Lipinski definition) is 5. The second-order valence-corrected chi connectivity index (χ2v) is 8.21. The number of nitrogens with zero attached hydrogens (tertiary/aromatic N) is 1. The van der Waals surface area contributed by atoms with Gasteiger partial charge in [-0.1, -0.05) is 45.2 Å². The first-order valence-electron chi connectivity index (χ1n) is 9.96. The SMILES string of the molecule is CC(C)[C@]1(O)CC(O)(O)N(Cc2ccc(F)cc2)[C@@H]1CCCCCCC(=O)O. The molecule has 7 heteroatoms. The van der Waals surface area contributed by atoms with E-state index in [-0.39, 0.29) is 31.1 Å². The van der Waals surface area contributed by atoms with Crippen molar-refractivity contribution in [1.29, 1.82) is 0 Å². The van der Waals surface area contributed by atoms with E-state index in [0.29, 0.717) is 12.8 Å². The fourth-order valence-electron chi connectivity index (χ4n) is 4.10. The molecule has 158 valence electrons. The van der Waals surface area contributed by atoms with Crippen LogP contribution >= 0.6 is 0 Å². The first-order valence-corrected chi connectivity index (χ1v) is 9.96. The average Bonchev–Trinajstić information content (AvgIpc) is 2.79. The molecule has 0 spiro atoms. The highest BCUT2D eigenvalue weighted by molar-refractivity contribution is 5.66. The number of rotatable bonds is 10. The van der Waals surface area contributed by atoms with Crippen LogP contribution in [0.1, 0.15) is 64.4 Å². The fourth-order valence-corrected chi connectivity index (χ4v) is 4.10. The van der Waals surface area contributed by atoms with Crippen LogP contribution in [0.25, 0.3) is 0 Å². The molecular weight excluding hydrogens is 365 g/mol. The molecule has 0 unspecified atom stereocenters. The van der Waals surface area contributed by atoms with Gasteiger partial charge in [-0.15, -0.1) is 0 Å². The highest BCUT2D eigenvalue weighted by Crippen LogP contribution is 2.45. The monoisotopic (exact) mass is 397 g/mol. The Morgan fingerprint density at radius 1 is 1.14 bits per heavy atom. The van der Waals surface area contributed by atoms with Crippen molar-refractivity contribution in [2.75, 3.05) is 0 Å². The molecule has 1 aliphatic rings. The molecule has 1 aromatic carbocycles. The minimum atomic E-state index is -2.15. The van der Waals surface area contributed by atoms with Crippen molar-refractivity contribution in [3.8, 4) is 0 Å². The number of benzene rings is 1. The predicted molar refractivity (Wildman–Crippen MR) is 103 cm³/mol. The maximum Gasteiger partial charge on any atom is 0.303 e. The molecule has 28 heavy (non-hydrogen) atoms. The summed E-state index contributed by atoms with van der Waals surface area (Å²) < 4.78 is 13.2. The summed E-state index contributed by atoms with van der Waals surface area (Å²) in [4.78, 5) is 12.1. The Kier molecular flexibility index (Phi) is 7.56. The highest BCUT2D eigenvalue weighted by atomic mass is 19.1. The molecule has 0 saturated carbocycles. The lowest BCUT2D eigenvalue weighted by molar-refractivity contribution is -0.256. The van der Waals surface area contributed by atoms with Crippen molar-refractivity contribution in [3.05, 3.63) is 35.6 Å². The van der Waals surface area contributed by atoms with E-state index in [2.05, 4.69) is 0 Å². The van der Waals surface area contributed by atoms with Crippen LogP contribution in [-0.2, 0) is 11.3 Å². The van der Waals surface area contributed by atoms with Gasteiger partial charge in [0, 0.05) is 25.4 Å². The van der Waals surface area contributed by atoms with Gasteiger partial charge in [0.1, 0.15) is 5.82 Å². The van der Waals surface area contributed by atoms with Crippen molar-refractivity contribution in [3.63, 3.8) is 0 Å². The Labute approximate surface area is 165 Å². The number of halogens is 1. The third-order valence-corrected chi connectivity index (χ3v) is 5.82. The van der Waals surface area contributed by atoms with Gasteiger partial charge < -0.3 is 20.4 Å². The number of hydrogen-bond donors (Lipinski definition) is 4. The number of likely N-dealkylation sites (tertiary alicyclic amines) is 1. The van der Waals surface area contributed by atoms with Gasteiger partial charge >= 0.3 is 5.97 Å². The average molecular weight is 397 g/mol. The minimum absolute atomic E-state index is 0.145. The van der Waals surface area contributed by atoms with Crippen molar-refractivity contribution >= 4 is 5.97 Å². The van der Waals surface area contributed by atoms with Gasteiger partial charge in [0.05, 0.1) is 5.60 Å². The van der Waals surface area contributed by atoms with Gasteiger partial charge in [-0.2, -0.15) is 0 Å². The van der Waals surface area contributed by atoms with Crippen LogP contribution in [0.4, 0.5) is 4.39 Å². The molecule has 2 atom stereocenters. The van der Waals surface area contributed by atoms with Crippen molar-refractivity contribution in [1.82, 2.24) is 4.90 Å². The third-order valence-electron chi connectivity index (χ3n) is 5.82. The molecule has 0 amide bonds. The largest absolute Gasteiger partial charge is 0.481 e. The Bertz CT molecular complexity index is 649. The molecular formula is C21H32FNO5. The normalized spacial score (nSPS) is 24.8. The zero-order valence-electron chi connectivity index (χ0n) is 16.6. The Morgan fingerprint density at radius 2 is 1.75 bits per heavy atom. The van der Waals surface area contributed by atoms with Gasteiger partial charge in [0.25, 0.3) is 0 Å². The van der Waals surface area contributed by atoms with Gasteiger partial charge in [0.2, 0.25) is 5.91 Å². The maximum absolute atomic E-state index is 13.2. The molecule has 1 aliphatic heterocycles. The molecule has 0 bridgehead atoms. The number of carboxylic acids is 1. The van der Waals surface area contributed by atoms with Crippen LogP contribution in [0.15, 0.2) is 24.3 Å². The fraction of sp³-hybridized carbons (Fsp3) is 0.667. The summed E-state index contributed by atoms with van der Waals surface area (Å²) in [6.07, 6.45) is 3.47. The van der Waals surface area contributed by atoms with E-state index in [9.17, 15) is 24.5 Å². The van der Waals surface area contributed by atoms with Crippen LogP contribution in [0.2, 0.25) is 0 Å². The van der Waals surface area contributed by atoms with Gasteiger partial charge in [-0.3, -0.25) is 4.79 Å². The van der Waals surface area contributed by atoms with Gasteiger partial charge in [0.15, 0.2) is 0 Å². The lowest BCUT2D eigenvalue weighted by Gasteiger charge is -2.37. The second-order valence-electron chi connectivity index (χ2n) is 8.21. The van der Waals surface area contributed by atoms with Crippen LogP contribution in [0.5, 0.6) is 0 Å². The molecule has 0 radical (unpaired) electrons. The molecule has 1 heterocycles. The number of carboxylic acid groups (broad SMARTS) is 1. The van der Waals surface area contributed by atoms with E-state index in [1.807, 2.05) is 13.8 Å². The topological polar surface area (TPSA) is 101 Å². The van der Waals surface area contributed by atoms with E-state index in [0.717, 1.165) is 24.8 Å². The molecule has 1 aromatic rings. The lowest BCUT2D eigenvalue weighted by atomic mass is 9.80. The van der Waals surface area contributed by atoms with E-state index < -0.39 is 23.5 Å². The van der Waals surface area contributed by atoms with Crippen molar-refractivity contribution in [2.24, 2.45) is 5.92 Å². The van der Waals surface area contributed by atoms with Crippen LogP contribution < -0.4 is 0 Å². The maximum atomic E-state index is 13.2. The molecule has 0 aliphatic carbocycles. The van der Waals surface area contributed by atoms with E-state index in [1.165, 1.54) is 17.0 Å². The summed E-state index contributed by atoms with van der Waals surface area (Å²) in [6.45, 7) is 3.90. The molecule has 2 rings (SSSR count). The van der Waals surface area contributed by atoms with Crippen LogP contribution in [0.3, 0.4) is 0 Å². The second kappa shape index (κ2) is 9.31. The first-order chi connectivity index (χ1) is 13.1. The minimum Gasteiger partial charge on any atom is -0.481 e. The predicted octanol–water partition coefficient (Wildman–Crippen LogP) is 2.85. The molecule has 0 aromatic heterocycles. The summed E-state index contributed by atoms with van der Waals surface area (Å²) in [5, 5.41) is 41.2. The highest BCUT2D eigenvalue weighted by Gasteiger charge is 2.58. The molecule has 6 nitrogen and oxygen atoms in total.